The molecule has 0 aliphatic heterocycles. The van der Waals surface area contributed by atoms with Crippen LogP contribution in [0.5, 0.6) is 0 Å². The van der Waals surface area contributed by atoms with E-state index in [2.05, 4.69) is 5.32 Å². The number of carboxylic acid groups (broad SMARTS) is 1. The molecule has 0 saturated carbocycles. The summed E-state index contributed by atoms with van der Waals surface area (Å²) in [7, 11) is 0. The third-order valence-corrected chi connectivity index (χ3v) is 2.77. The summed E-state index contributed by atoms with van der Waals surface area (Å²) >= 11 is 1.28. The molecule has 7 heteroatoms. The van der Waals surface area contributed by atoms with E-state index in [1.807, 2.05) is 0 Å². The van der Waals surface area contributed by atoms with Gasteiger partial charge >= 0.3 is 5.97 Å². The molecule has 0 heterocycles. The minimum atomic E-state index is -0.960. The van der Waals surface area contributed by atoms with E-state index in [9.17, 15) is 14.4 Å². The Balaban J connectivity index is 3.85. The van der Waals surface area contributed by atoms with E-state index in [4.69, 9.17) is 10.8 Å². The number of nitrogens with one attached hydrogen (secondary N) is 1. The molecule has 0 aromatic rings. The lowest BCUT2D eigenvalue weighted by Gasteiger charge is -2.24. The van der Waals surface area contributed by atoms with Crippen molar-refractivity contribution >= 4 is 29.5 Å². The molecule has 0 radical (unpaired) electrons. The molecule has 0 aromatic heterocycles. The number of rotatable bonds is 8. The molecule has 0 unspecified atom stereocenters. The summed E-state index contributed by atoms with van der Waals surface area (Å²) in [5.74, 6) is -0.933. The minimum Gasteiger partial charge on any atom is -0.481 e. The van der Waals surface area contributed by atoms with E-state index in [-0.39, 0.29) is 24.5 Å². The number of primary amides is 1. The van der Waals surface area contributed by atoms with Gasteiger partial charge < -0.3 is 16.2 Å². The van der Waals surface area contributed by atoms with Crippen LogP contribution in [0.4, 0.5) is 0 Å². The van der Waals surface area contributed by atoms with Crippen molar-refractivity contribution in [2.45, 2.75) is 32.2 Å². The minimum absolute atomic E-state index is 0.132. The normalized spacial score (nSPS) is 10.9. The molecular weight excluding hydrogens is 244 g/mol. The van der Waals surface area contributed by atoms with Crippen LogP contribution >= 0.6 is 11.8 Å². The number of carboxylic acids is 1. The summed E-state index contributed by atoms with van der Waals surface area (Å²) in [5.41, 5.74) is 4.17. The zero-order chi connectivity index (χ0) is 13.5. The van der Waals surface area contributed by atoms with Gasteiger partial charge in [0.1, 0.15) is 0 Å². The lowest BCUT2D eigenvalue weighted by atomic mass is 10.0. The van der Waals surface area contributed by atoms with Gasteiger partial charge in [-0.3, -0.25) is 14.4 Å². The van der Waals surface area contributed by atoms with E-state index in [1.165, 1.54) is 11.8 Å². The number of thioether (sulfide) groups is 1. The maximum Gasteiger partial charge on any atom is 0.305 e. The first kappa shape index (κ1) is 15.8. The Labute approximate surface area is 104 Å². The molecule has 0 spiro atoms. The third kappa shape index (κ3) is 9.68. The average molecular weight is 262 g/mol. The first-order valence-corrected chi connectivity index (χ1v) is 6.27. The molecular formula is C10H18N2O4S. The third-order valence-electron chi connectivity index (χ3n) is 1.79. The zero-order valence-corrected chi connectivity index (χ0v) is 10.8. The van der Waals surface area contributed by atoms with E-state index in [0.29, 0.717) is 5.75 Å². The number of hydrogen-bond acceptors (Lipinski definition) is 4. The van der Waals surface area contributed by atoms with Crippen LogP contribution in [0.1, 0.15) is 26.7 Å². The van der Waals surface area contributed by atoms with Crippen LogP contribution in [0.3, 0.4) is 0 Å². The van der Waals surface area contributed by atoms with E-state index in [1.54, 1.807) is 13.8 Å². The fourth-order valence-electron chi connectivity index (χ4n) is 1.20. The van der Waals surface area contributed by atoms with Crippen molar-refractivity contribution in [1.29, 1.82) is 0 Å². The fraction of sp³-hybridized carbons (Fsp3) is 0.700. The van der Waals surface area contributed by atoms with Gasteiger partial charge in [-0.15, -0.1) is 0 Å². The molecule has 0 atom stereocenters. The van der Waals surface area contributed by atoms with Crippen molar-refractivity contribution in [2.75, 3.05) is 11.5 Å². The maximum atomic E-state index is 11.5. The zero-order valence-electron chi connectivity index (χ0n) is 9.99. The fourth-order valence-corrected chi connectivity index (χ4v) is 1.88. The van der Waals surface area contributed by atoms with Gasteiger partial charge in [0.2, 0.25) is 11.8 Å². The second-order valence-electron chi connectivity index (χ2n) is 4.27. The number of nitrogens with two attached hydrogens (primary N) is 1. The Kier molecular flexibility index (Phi) is 6.64. The molecule has 17 heavy (non-hydrogen) atoms. The predicted octanol–water partition coefficient (Wildman–Crippen LogP) is -0.0355. The lowest BCUT2D eigenvalue weighted by molar-refractivity contribution is -0.138. The molecule has 0 aliphatic carbocycles. The van der Waals surface area contributed by atoms with Crippen molar-refractivity contribution < 1.29 is 19.5 Å². The second-order valence-corrected chi connectivity index (χ2v) is 5.38. The Morgan fingerprint density at radius 2 is 1.94 bits per heavy atom. The Hall–Kier alpha value is -1.24. The Bertz CT molecular complexity index is 305. The maximum absolute atomic E-state index is 11.5. The Morgan fingerprint density at radius 1 is 1.35 bits per heavy atom. The highest BCUT2D eigenvalue weighted by molar-refractivity contribution is 7.99. The molecule has 6 nitrogen and oxygen atoms in total. The van der Waals surface area contributed by atoms with Crippen LogP contribution in [0, 0.1) is 0 Å². The highest BCUT2D eigenvalue weighted by Gasteiger charge is 2.23. The monoisotopic (exact) mass is 262 g/mol. The van der Waals surface area contributed by atoms with Crippen LogP contribution in [0.25, 0.3) is 0 Å². The van der Waals surface area contributed by atoms with Crippen molar-refractivity contribution in [1.82, 2.24) is 5.32 Å². The van der Waals surface area contributed by atoms with Gasteiger partial charge in [0.05, 0.1) is 12.2 Å². The molecule has 0 fully saturated rings. The summed E-state index contributed by atoms with van der Waals surface area (Å²) in [4.78, 5) is 32.4. The lowest BCUT2D eigenvalue weighted by Crippen LogP contribution is -2.45. The van der Waals surface area contributed by atoms with Crippen molar-refractivity contribution in [3.63, 3.8) is 0 Å². The molecule has 0 aliphatic rings. The highest BCUT2D eigenvalue weighted by Crippen LogP contribution is 2.09. The molecule has 0 aromatic carbocycles. The van der Waals surface area contributed by atoms with Crippen molar-refractivity contribution in [2.24, 2.45) is 5.73 Å². The van der Waals surface area contributed by atoms with Crippen molar-refractivity contribution in [3.8, 4) is 0 Å². The summed E-state index contributed by atoms with van der Waals surface area (Å²) in [6.45, 7) is 3.30. The van der Waals surface area contributed by atoms with Gasteiger partial charge in [-0.05, 0) is 13.8 Å². The van der Waals surface area contributed by atoms with Crippen LogP contribution < -0.4 is 11.1 Å². The van der Waals surface area contributed by atoms with Crippen LogP contribution in [0.15, 0.2) is 0 Å². The molecule has 0 bridgehead atoms. The average Bonchev–Trinajstić information content (AvgIpc) is 2.08. The standard InChI is InChI=1S/C10H18N2O4S/c1-10(2,5-9(15)16)12-8(14)3-4-17-6-7(11)13/h3-6H2,1-2H3,(H2,11,13)(H,12,14)(H,15,16). The van der Waals surface area contributed by atoms with E-state index < -0.39 is 17.4 Å². The van der Waals surface area contributed by atoms with Gasteiger partial charge in [0.15, 0.2) is 0 Å². The quantitative estimate of drug-likeness (QED) is 0.532. The highest BCUT2D eigenvalue weighted by atomic mass is 32.2. The summed E-state index contributed by atoms with van der Waals surface area (Å²) in [6, 6.07) is 0. The molecule has 98 valence electrons. The summed E-state index contributed by atoms with van der Waals surface area (Å²) in [6.07, 6.45) is 0.105. The van der Waals surface area contributed by atoms with Gasteiger partial charge in [0.25, 0.3) is 0 Å². The van der Waals surface area contributed by atoms with Crippen LogP contribution in [0.2, 0.25) is 0 Å². The molecule has 0 rings (SSSR count). The number of carbonyl (C=O) groups is 3. The number of amides is 2. The number of hydrogen-bond donors (Lipinski definition) is 3. The van der Waals surface area contributed by atoms with Gasteiger partial charge in [-0.1, -0.05) is 0 Å². The molecule has 2 amide bonds. The predicted molar refractivity (Wildman–Crippen MR) is 65.6 cm³/mol. The number of aliphatic carboxylic acids is 1. The van der Waals surface area contributed by atoms with Gasteiger partial charge in [-0.25, -0.2) is 0 Å². The SMILES string of the molecule is CC(C)(CC(=O)O)NC(=O)CCSCC(N)=O. The second kappa shape index (κ2) is 7.16. The van der Waals surface area contributed by atoms with Crippen LogP contribution in [-0.2, 0) is 14.4 Å². The topological polar surface area (TPSA) is 109 Å². The van der Waals surface area contributed by atoms with Gasteiger partial charge in [-0.2, -0.15) is 11.8 Å². The summed E-state index contributed by atoms with van der Waals surface area (Å²) in [5, 5.41) is 11.3. The summed E-state index contributed by atoms with van der Waals surface area (Å²) < 4.78 is 0. The van der Waals surface area contributed by atoms with E-state index in [0.717, 1.165) is 0 Å². The first-order valence-electron chi connectivity index (χ1n) is 5.12. The molecule has 0 saturated heterocycles. The largest absolute Gasteiger partial charge is 0.481 e. The van der Waals surface area contributed by atoms with Gasteiger partial charge in [0, 0.05) is 17.7 Å². The molecule has 4 N–H and O–H groups in total. The smallest absolute Gasteiger partial charge is 0.305 e. The number of carbonyl (C=O) groups excluding carboxylic acids is 2. The first-order chi connectivity index (χ1) is 7.73. The Morgan fingerprint density at radius 3 is 2.41 bits per heavy atom. The van der Waals surface area contributed by atoms with Crippen LogP contribution in [-0.4, -0.2) is 39.9 Å². The van der Waals surface area contributed by atoms with Crippen molar-refractivity contribution in [3.05, 3.63) is 0 Å². The van der Waals surface area contributed by atoms with E-state index >= 15 is 0 Å².